The van der Waals surface area contributed by atoms with Crippen LogP contribution in [0.15, 0.2) is 30.3 Å². The van der Waals surface area contributed by atoms with Gasteiger partial charge in [-0.05, 0) is 25.0 Å². The lowest BCUT2D eigenvalue weighted by molar-refractivity contribution is -0.123. The summed E-state index contributed by atoms with van der Waals surface area (Å²) in [6.45, 7) is 6.73. The van der Waals surface area contributed by atoms with Gasteiger partial charge in [-0.3, -0.25) is 4.79 Å². The molecule has 0 saturated carbocycles. The first-order chi connectivity index (χ1) is 9.47. The SMILES string of the molecule is CCC(C)C(N)C(=O)NCC(C)N(C)c1ccccc1.Cl. The summed E-state index contributed by atoms with van der Waals surface area (Å²) >= 11 is 0. The smallest absolute Gasteiger partial charge is 0.237 e. The minimum atomic E-state index is -0.422. The second-order valence-electron chi connectivity index (χ2n) is 5.45. The minimum absolute atomic E-state index is 0. The largest absolute Gasteiger partial charge is 0.370 e. The van der Waals surface area contributed by atoms with Gasteiger partial charge in [0, 0.05) is 25.3 Å². The minimum Gasteiger partial charge on any atom is -0.370 e. The number of nitrogens with one attached hydrogen (secondary N) is 1. The van der Waals surface area contributed by atoms with Crippen LogP contribution in [0.3, 0.4) is 0 Å². The monoisotopic (exact) mass is 313 g/mol. The fraction of sp³-hybridized carbons (Fsp3) is 0.562. The van der Waals surface area contributed by atoms with E-state index in [0.717, 1.165) is 12.1 Å². The zero-order valence-electron chi connectivity index (χ0n) is 13.4. The molecular formula is C16H28ClN3O. The summed E-state index contributed by atoms with van der Waals surface area (Å²) in [5.74, 6) is 0.143. The van der Waals surface area contributed by atoms with Crippen LogP contribution in [0.2, 0.25) is 0 Å². The number of anilines is 1. The zero-order chi connectivity index (χ0) is 15.1. The highest BCUT2D eigenvalue weighted by Crippen LogP contribution is 2.13. The van der Waals surface area contributed by atoms with Gasteiger partial charge >= 0.3 is 0 Å². The molecule has 0 aliphatic heterocycles. The second kappa shape index (κ2) is 9.64. The summed E-state index contributed by atoms with van der Waals surface area (Å²) in [7, 11) is 2.03. The first-order valence-corrected chi connectivity index (χ1v) is 7.28. The van der Waals surface area contributed by atoms with Gasteiger partial charge in [-0.2, -0.15) is 0 Å². The molecule has 4 nitrogen and oxygen atoms in total. The van der Waals surface area contributed by atoms with Gasteiger partial charge in [0.25, 0.3) is 0 Å². The molecule has 21 heavy (non-hydrogen) atoms. The maximum atomic E-state index is 12.0. The molecule has 0 saturated heterocycles. The number of hydrogen-bond donors (Lipinski definition) is 2. The van der Waals surface area contributed by atoms with E-state index >= 15 is 0 Å². The summed E-state index contributed by atoms with van der Waals surface area (Å²) < 4.78 is 0. The standard InChI is InChI=1S/C16H27N3O.ClH/c1-5-12(2)15(17)16(20)18-11-13(3)19(4)14-9-7-6-8-10-14;/h6-10,12-13,15H,5,11,17H2,1-4H3,(H,18,20);1H. The lowest BCUT2D eigenvalue weighted by atomic mass is 9.99. The van der Waals surface area contributed by atoms with E-state index < -0.39 is 6.04 Å². The van der Waals surface area contributed by atoms with Crippen molar-refractivity contribution in [2.24, 2.45) is 11.7 Å². The Labute approximate surface area is 134 Å². The zero-order valence-corrected chi connectivity index (χ0v) is 14.2. The van der Waals surface area contributed by atoms with Crippen LogP contribution >= 0.6 is 12.4 Å². The Hall–Kier alpha value is -1.26. The van der Waals surface area contributed by atoms with Gasteiger partial charge < -0.3 is 16.0 Å². The van der Waals surface area contributed by atoms with Gasteiger partial charge in [0.15, 0.2) is 0 Å². The van der Waals surface area contributed by atoms with Crippen LogP contribution in [0.4, 0.5) is 5.69 Å². The van der Waals surface area contributed by atoms with Crippen LogP contribution in [-0.2, 0) is 4.79 Å². The maximum absolute atomic E-state index is 12.0. The van der Waals surface area contributed by atoms with Gasteiger partial charge in [-0.1, -0.05) is 38.5 Å². The number of halogens is 1. The Morgan fingerprint density at radius 3 is 2.38 bits per heavy atom. The summed E-state index contributed by atoms with van der Waals surface area (Å²) in [6, 6.07) is 9.92. The number of rotatable bonds is 7. The van der Waals surface area contributed by atoms with Gasteiger partial charge in [0.1, 0.15) is 0 Å². The van der Waals surface area contributed by atoms with Gasteiger partial charge in [-0.15, -0.1) is 12.4 Å². The van der Waals surface area contributed by atoms with E-state index in [1.54, 1.807) is 0 Å². The van der Waals surface area contributed by atoms with Crippen LogP contribution in [-0.4, -0.2) is 31.6 Å². The molecule has 1 aromatic carbocycles. The molecule has 0 aliphatic carbocycles. The number of hydrogen-bond acceptors (Lipinski definition) is 3. The molecule has 1 rings (SSSR count). The molecule has 0 spiro atoms. The highest BCUT2D eigenvalue weighted by Gasteiger charge is 2.20. The van der Waals surface area contributed by atoms with Gasteiger partial charge in [0.05, 0.1) is 6.04 Å². The first-order valence-electron chi connectivity index (χ1n) is 7.28. The normalized spacial score (nSPS) is 14.5. The topological polar surface area (TPSA) is 58.4 Å². The molecule has 0 aromatic heterocycles. The fourth-order valence-corrected chi connectivity index (χ4v) is 1.93. The van der Waals surface area contributed by atoms with Crippen molar-refractivity contribution >= 4 is 24.0 Å². The van der Waals surface area contributed by atoms with Crippen LogP contribution < -0.4 is 16.0 Å². The molecule has 3 atom stereocenters. The van der Waals surface area contributed by atoms with Crippen molar-refractivity contribution < 1.29 is 4.79 Å². The van der Waals surface area contributed by atoms with Crippen molar-refractivity contribution in [2.45, 2.75) is 39.3 Å². The van der Waals surface area contributed by atoms with Crippen molar-refractivity contribution in [1.82, 2.24) is 5.32 Å². The van der Waals surface area contributed by atoms with E-state index in [2.05, 4.69) is 29.3 Å². The lowest BCUT2D eigenvalue weighted by Gasteiger charge is -2.28. The molecule has 5 heteroatoms. The maximum Gasteiger partial charge on any atom is 0.237 e. The number of carbonyl (C=O) groups is 1. The Morgan fingerprint density at radius 1 is 1.29 bits per heavy atom. The number of likely N-dealkylation sites (N-methyl/N-ethyl adjacent to an activating group) is 1. The number of nitrogens with zero attached hydrogens (tertiary/aromatic N) is 1. The molecule has 120 valence electrons. The molecule has 1 amide bonds. The average Bonchev–Trinajstić information content (AvgIpc) is 2.50. The number of benzene rings is 1. The average molecular weight is 314 g/mol. The van der Waals surface area contributed by atoms with E-state index in [4.69, 9.17) is 5.73 Å². The Kier molecular flexibility index (Phi) is 9.06. The fourth-order valence-electron chi connectivity index (χ4n) is 1.93. The number of amides is 1. The van der Waals surface area contributed by atoms with Gasteiger partial charge in [-0.25, -0.2) is 0 Å². The van der Waals surface area contributed by atoms with E-state index in [9.17, 15) is 4.79 Å². The summed E-state index contributed by atoms with van der Waals surface area (Å²) in [5, 5.41) is 2.94. The van der Waals surface area contributed by atoms with E-state index in [-0.39, 0.29) is 30.3 Å². The molecule has 3 N–H and O–H groups in total. The van der Waals surface area contributed by atoms with Crippen molar-refractivity contribution in [2.75, 3.05) is 18.5 Å². The molecule has 0 aliphatic rings. The van der Waals surface area contributed by atoms with Crippen LogP contribution in [0.5, 0.6) is 0 Å². The molecule has 3 unspecified atom stereocenters. The highest BCUT2D eigenvalue weighted by atomic mass is 35.5. The van der Waals surface area contributed by atoms with Crippen molar-refractivity contribution in [3.63, 3.8) is 0 Å². The highest BCUT2D eigenvalue weighted by molar-refractivity contribution is 5.85. The first kappa shape index (κ1) is 19.7. The molecular weight excluding hydrogens is 286 g/mol. The van der Waals surface area contributed by atoms with Crippen molar-refractivity contribution in [1.29, 1.82) is 0 Å². The third-order valence-electron chi connectivity index (χ3n) is 3.96. The van der Waals surface area contributed by atoms with Crippen LogP contribution in [0.1, 0.15) is 27.2 Å². The molecule has 1 aromatic rings. The summed E-state index contributed by atoms with van der Waals surface area (Å²) in [4.78, 5) is 14.1. The molecule has 0 fully saturated rings. The number of carbonyl (C=O) groups excluding carboxylic acids is 1. The van der Waals surface area contributed by atoms with E-state index in [0.29, 0.717) is 6.54 Å². The predicted octanol–water partition coefficient (Wildman–Crippen LogP) is 2.42. The van der Waals surface area contributed by atoms with Crippen LogP contribution in [0, 0.1) is 5.92 Å². The Balaban J connectivity index is 0.00000400. The number of nitrogens with two attached hydrogens (primary N) is 1. The molecule has 0 heterocycles. The Bertz CT molecular complexity index is 413. The van der Waals surface area contributed by atoms with E-state index in [1.807, 2.05) is 39.1 Å². The second-order valence-corrected chi connectivity index (χ2v) is 5.45. The predicted molar refractivity (Wildman–Crippen MR) is 92.0 cm³/mol. The van der Waals surface area contributed by atoms with Gasteiger partial charge in [0.2, 0.25) is 5.91 Å². The third-order valence-corrected chi connectivity index (χ3v) is 3.96. The summed E-state index contributed by atoms with van der Waals surface area (Å²) in [5.41, 5.74) is 7.06. The van der Waals surface area contributed by atoms with Crippen LogP contribution in [0.25, 0.3) is 0 Å². The number of para-hydroxylation sites is 1. The quantitative estimate of drug-likeness (QED) is 0.813. The molecule has 0 bridgehead atoms. The van der Waals surface area contributed by atoms with E-state index in [1.165, 1.54) is 0 Å². The van der Waals surface area contributed by atoms with Crippen molar-refractivity contribution in [3.8, 4) is 0 Å². The molecule has 0 radical (unpaired) electrons. The lowest BCUT2D eigenvalue weighted by Crippen LogP contribution is -2.48. The third kappa shape index (κ3) is 5.94. The Morgan fingerprint density at radius 2 is 1.86 bits per heavy atom. The van der Waals surface area contributed by atoms with Crippen molar-refractivity contribution in [3.05, 3.63) is 30.3 Å². The summed E-state index contributed by atoms with van der Waals surface area (Å²) in [6.07, 6.45) is 0.911.